The van der Waals surface area contributed by atoms with Crippen molar-refractivity contribution in [2.75, 3.05) is 5.32 Å². The summed E-state index contributed by atoms with van der Waals surface area (Å²) in [5, 5.41) is 3.49. The molecule has 23 heavy (non-hydrogen) atoms. The van der Waals surface area contributed by atoms with E-state index < -0.39 is 0 Å². The van der Waals surface area contributed by atoms with E-state index >= 15 is 0 Å². The van der Waals surface area contributed by atoms with Gasteiger partial charge in [0.2, 0.25) is 5.91 Å². The fourth-order valence-electron chi connectivity index (χ4n) is 2.21. The van der Waals surface area contributed by atoms with Crippen LogP contribution in [0.25, 0.3) is 11.0 Å². The van der Waals surface area contributed by atoms with Crippen molar-refractivity contribution in [3.63, 3.8) is 0 Å². The average molecular weight is 326 g/mol. The Morgan fingerprint density at radius 3 is 2.78 bits per heavy atom. The fourth-order valence-corrected chi connectivity index (χ4v) is 3.13. The van der Waals surface area contributed by atoms with Crippen molar-refractivity contribution >= 4 is 34.4 Å². The smallest absolute Gasteiger partial charge is 0.237 e. The minimum absolute atomic E-state index is 0.0139. The summed E-state index contributed by atoms with van der Waals surface area (Å²) >= 11 is 1.44. The fraction of sp³-hybridized carbons (Fsp3) is 0.235. The van der Waals surface area contributed by atoms with Crippen LogP contribution >= 0.6 is 11.8 Å². The Bertz CT molecular complexity index is 780. The van der Waals surface area contributed by atoms with Gasteiger partial charge in [-0.25, -0.2) is 4.98 Å². The summed E-state index contributed by atoms with van der Waals surface area (Å²) in [6.45, 7) is 4.02. The minimum atomic E-state index is -0.204. The van der Waals surface area contributed by atoms with Crippen LogP contribution in [-0.4, -0.2) is 26.1 Å². The molecule has 1 amide bonds. The number of fused-ring (bicyclic) bond motifs is 1. The normalized spacial score (nSPS) is 12.3. The maximum absolute atomic E-state index is 12.5. The van der Waals surface area contributed by atoms with Gasteiger partial charge in [-0.05, 0) is 31.5 Å². The average Bonchev–Trinajstić information content (AvgIpc) is 2.97. The van der Waals surface area contributed by atoms with Gasteiger partial charge in [-0.15, -0.1) is 0 Å². The number of carbonyl (C=O) groups excluding carboxylic acids is 1. The number of hydrogen-bond donors (Lipinski definition) is 2. The second-order valence-corrected chi connectivity index (χ2v) is 6.50. The standard InChI is InChI=1S/C17H18N4OS/c1-3-15(16(22)19-12-6-4-11(2)5-7-12)23-17-20-13-8-9-18-10-14(13)21-17/h4-10,15H,3H2,1-2H3,(H,19,22)(H,20,21)/t15-/m1/s1. The number of H-pyrrole nitrogens is 1. The van der Waals surface area contributed by atoms with Crippen LogP contribution in [0.3, 0.4) is 0 Å². The van der Waals surface area contributed by atoms with Crippen LogP contribution in [0.15, 0.2) is 47.9 Å². The van der Waals surface area contributed by atoms with E-state index in [2.05, 4.69) is 20.3 Å². The van der Waals surface area contributed by atoms with E-state index in [4.69, 9.17) is 0 Å². The Morgan fingerprint density at radius 1 is 1.30 bits per heavy atom. The second kappa shape index (κ2) is 6.83. The third-order valence-electron chi connectivity index (χ3n) is 3.50. The number of nitrogens with one attached hydrogen (secondary N) is 2. The number of rotatable bonds is 5. The minimum Gasteiger partial charge on any atom is -0.332 e. The molecule has 0 saturated heterocycles. The molecule has 0 aliphatic carbocycles. The first-order chi connectivity index (χ1) is 11.2. The molecule has 1 aromatic carbocycles. The Labute approximate surface area is 138 Å². The van der Waals surface area contributed by atoms with Crippen molar-refractivity contribution in [2.45, 2.75) is 30.7 Å². The van der Waals surface area contributed by atoms with Gasteiger partial charge in [0.1, 0.15) is 0 Å². The maximum Gasteiger partial charge on any atom is 0.237 e. The lowest BCUT2D eigenvalue weighted by Gasteiger charge is -2.13. The monoisotopic (exact) mass is 326 g/mol. The topological polar surface area (TPSA) is 70.7 Å². The first-order valence-corrected chi connectivity index (χ1v) is 8.37. The first-order valence-electron chi connectivity index (χ1n) is 7.49. The molecule has 3 rings (SSSR count). The van der Waals surface area contributed by atoms with Crippen LogP contribution < -0.4 is 5.32 Å². The molecule has 0 spiro atoms. The molecular weight excluding hydrogens is 308 g/mol. The van der Waals surface area contributed by atoms with Gasteiger partial charge in [-0.2, -0.15) is 0 Å². The number of nitrogens with zero attached hydrogens (tertiary/aromatic N) is 2. The summed E-state index contributed by atoms with van der Waals surface area (Å²) in [6.07, 6.45) is 4.16. The quantitative estimate of drug-likeness (QED) is 0.700. The second-order valence-electron chi connectivity index (χ2n) is 5.30. The number of anilines is 1. The lowest BCUT2D eigenvalue weighted by atomic mass is 10.2. The van der Waals surface area contributed by atoms with Crippen molar-refractivity contribution in [1.29, 1.82) is 0 Å². The summed E-state index contributed by atoms with van der Waals surface area (Å²) in [5.41, 5.74) is 3.72. The number of hydrogen-bond acceptors (Lipinski definition) is 4. The van der Waals surface area contributed by atoms with E-state index in [0.717, 1.165) is 28.3 Å². The van der Waals surface area contributed by atoms with Crippen molar-refractivity contribution in [1.82, 2.24) is 15.0 Å². The van der Waals surface area contributed by atoms with Gasteiger partial charge >= 0.3 is 0 Å². The molecule has 5 nitrogen and oxygen atoms in total. The van der Waals surface area contributed by atoms with Crippen molar-refractivity contribution in [3.8, 4) is 0 Å². The highest BCUT2D eigenvalue weighted by molar-refractivity contribution is 8.00. The zero-order valence-electron chi connectivity index (χ0n) is 13.0. The molecule has 0 aliphatic rings. The van der Waals surface area contributed by atoms with Crippen molar-refractivity contribution in [3.05, 3.63) is 48.3 Å². The Kier molecular flexibility index (Phi) is 4.62. The molecule has 0 unspecified atom stereocenters. The van der Waals surface area contributed by atoms with Gasteiger partial charge in [-0.1, -0.05) is 36.4 Å². The number of aromatic amines is 1. The van der Waals surface area contributed by atoms with E-state index in [1.54, 1.807) is 12.4 Å². The molecule has 0 aliphatic heterocycles. The van der Waals surface area contributed by atoms with Crippen LogP contribution in [0.5, 0.6) is 0 Å². The molecule has 0 radical (unpaired) electrons. The number of aryl methyl sites for hydroxylation is 1. The largest absolute Gasteiger partial charge is 0.332 e. The van der Waals surface area contributed by atoms with Crippen LogP contribution in [0.1, 0.15) is 18.9 Å². The number of imidazole rings is 1. The Balaban J connectivity index is 1.71. The van der Waals surface area contributed by atoms with Gasteiger partial charge < -0.3 is 10.3 Å². The summed E-state index contributed by atoms with van der Waals surface area (Å²) in [6, 6.07) is 9.64. The predicted molar refractivity (Wildman–Crippen MR) is 93.6 cm³/mol. The number of benzene rings is 1. The molecule has 2 heterocycles. The highest BCUT2D eigenvalue weighted by Gasteiger charge is 2.20. The van der Waals surface area contributed by atoms with Gasteiger partial charge in [0.05, 0.1) is 22.5 Å². The third kappa shape index (κ3) is 3.71. The maximum atomic E-state index is 12.5. The molecule has 0 fully saturated rings. The number of pyridine rings is 1. The van der Waals surface area contributed by atoms with E-state index in [1.807, 2.05) is 44.2 Å². The Morgan fingerprint density at radius 2 is 2.09 bits per heavy atom. The van der Waals surface area contributed by atoms with Gasteiger partial charge in [0.25, 0.3) is 0 Å². The molecule has 6 heteroatoms. The van der Waals surface area contributed by atoms with Crippen LogP contribution in [0, 0.1) is 6.92 Å². The number of amides is 1. The van der Waals surface area contributed by atoms with Gasteiger partial charge in [-0.3, -0.25) is 9.78 Å². The number of carbonyl (C=O) groups is 1. The third-order valence-corrected chi connectivity index (χ3v) is 4.75. The zero-order valence-corrected chi connectivity index (χ0v) is 13.9. The zero-order chi connectivity index (χ0) is 16.2. The van der Waals surface area contributed by atoms with E-state index in [9.17, 15) is 4.79 Å². The first kappa shape index (κ1) is 15.6. The molecule has 2 N–H and O–H groups in total. The number of aromatic nitrogens is 3. The van der Waals surface area contributed by atoms with E-state index in [0.29, 0.717) is 0 Å². The van der Waals surface area contributed by atoms with Crippen LogP contribution in [0.4, 0.5) is 5.69 Å². The highest BCUT2D eigenvalue weighted by atomic mass is 32.2. The van der Waals surface area contributed by atoms with E-state index in [-0.39, 0.29) is 11.2 Å². The van der Waals surface area contributed by atoms with Crippen molar-refractivity contribution < 1.29 is 4.79 Å². The van der Waals surface area contributed by atoms with Crippen molar-refractivity contribution in [2.24, 2.45) is 0 Å². The number of thioether (sulfide) groups is 1. The lowest BCUT2D eigenvalue weighted by Crippen LogP contribution is -2.24. The lowest BCUT2D eigenvalue weighted by molar-refractivity contribution is -0.115. The molecule has 0 saturated carbocycles. The molecule has 3 aromatic rings. The summed E-state index contributed by atoms with van der Waals surface area (Å²) < 4.78 is 0. The van der Waals surface area contributed by atoms with E-state index in [1.165, 1.54) is 17.3 Å². The highest BCUT2D eigenvalue weighted by Crippen LogP contribution is 2.26. The van der Waals surface area contributed by atoms with Crippen LogP contribution in [-0.2, 0) is 4.79 Å². The Hall–Kier alpha value is -2.34. The summed E-state index contributed by atoms with van der Waals surface area (Å²) in [5.74, 6) is -0.0139. The molecule has 2 aromatic heterocycles. The summed E-state index contributed by atoms with van der Waals surface area (Å²) in [7, 11) is 0. The van der Waals surface area contributed by atoms with Gasteiger partial charge in [0.15, 0.2) is 5.16 Å². The molecule has 118 valence electrons. The van der Waals surface area contributed by atoms with Crippen LogP contribution in [0.2, 0.25) is 0 Å². The molecular formula is C17H18N4OS. The SMILES string of the molecule is CC[C@@H](Sc1nc2ccncc2[nH]1)C(=O)Nc1ccc(C)cc1. The van der Waals surface area contributed by atoms with Gasteiger partial charge in [0, 0.05) is 11.9 Å². The molecule has 1 atom stereocenters. The predicted octanol–water partition coefficient (Wildman–Crippen LogP) is 3.78. The molecule has 0 bridgehead atoms. The summed E-state index contributed by atoms with van der Waals surface area (Å²) in [4.78, 5) is 24.2.